The van der Waals surface area contributed by atoms with Gasteiger partial charge in [0, 0.05) is 25.3 Å². The van der Waals surface area contributed by atoms with Gasteiger partial charge >= 0.3 is 5.97 Å². The van der Waals surface area contributed by atoms with Crippen molar-refractivity contribution in [1.82, 2.24) is 4.72 Å². The maximum atomic E-state index is 13.3. The second-order valence-electron chi connectivity index (χ2n) is 9.72. The minimum Gasteiger partial charge on any atom is -0.455 e. The minimum atomic E-state index is -4.01. The number of azo groups is 1. The molecule has 0 bridgehead atoms. The molecule has 10 heteroatoms. The van der Waals surface area contributed by atoms with E-state index in [4.69, 9.17) is 4.74 Å². The zero-order valence-electron chi connectivity index (χ0n) is 21.3. The summed E-state index contributed by atoms with van der Waals surface area (Å²) >= 11 is 0. The normalized spacial score (nSPS) is 15.4. The molecule has 0 saturated carbocycles. The smallest absolute Gasteiger partial charge is 0.355 e. The van der Waals surface area contributed by atoms with Crippen LogP contribution in [-0.2, 0) is 19.6 Å². The maximum absolute atomic E-state index is 13.3. The minimum absolute atomic E-state index is 0.00888. The van der Waals surface area contributed by atoms with Crippen molar-refractivity contribution >= 4 is 44.5 Å². The molecule has 9 nitrogen and oxygen atoms in total. The van der Waals surface area contributed by atoms with Crippen LogP contribution in [0.25, 0.3) is 0 Å². The van der Waals surface area contributed by atoms with Crippen LogP contribution in [0, 0.1) is 0 Å². The van der Waals surface area contributed by atoms with Gasteiger partial charge in [-0.05, 0) is 75.4 Å². The summed E-state index contributed by atoms with van der Waals surface area (Å²) in [5.41, 5.74) is 2.56. The lowest BCUT2D eigenvalue weighted by Crippen LogP contribution is -2.38. The highest BCUT2D eigenvalue weighted by atomic mass is 32.2. The fraction of sp³-hybridized carbons (Fsp3) is 0.259. The van der Waals surface area contributed by atoms with Crippen LogP contribution in [0.4, 0.5) is 22.7 Å². The molecule has 192 valence electrons. The molecule has 1 heterocycles. The van der Waals surface area contributed by atoms with Gasteiger partial charge in [-0.1, -0.05) is 18.2 Å². The van der Waals surface area contributed by atoms with E-state index in [-0.39, 0.29) is 10.6 Å². The number of aliphatic imine (C=N–C) groups is 1. The van der Waals surface area contributed by atoms with Crippen molar-refractivity contribution in [3.63, 3.8) is 0 Å². The standard InChI is InChI=1S/C27H29N5O4S/c1-27(2,3)36-26(33)25-24(22-8-6-7-9-23(22)28-25)31-37(34,35)21-16-12-19(13-17-21)30-29-18-10-14-20(15-11-18)32(4)5/h6-17,24,31H,1-5H3/b30-29+. The number of carbonyl (C=O) groups is 1. The number of hydrogen-bond acceptors (Lipinski definition) is 8. The Balaban J connectivity index is 1.52. The number of anilines is 1. The van der Waals surface area contributed by atoms with Crippen LogP contribution in [0.5, 0.6) is 0 Å². The quantitative estimate of drug-likeness (QED) is 0.322. The molecule has 1 N–H and O–H groups in total. The molecule has 3 aromatic rings. The largest absolute Gasteiger partial charge is 0.455 e. The number of nitrogens with zero attached hydrogens (tertiary/aromatic N) is 4. The summed E-state index contributed by atoms with van der Waals surface area (Å²) in [5, 5.41) is 8.40. The van der Waals surface area contributed by atoms with Gasteiger partial charge in [0.05, 0.1) is 28.0 Å². The monoisotopic (exact) mass is 519 g/mol. The number of benzene rings is 3. The molecular formula is C27H29N5O4S. The van der Waals surface area contributed by atoms with E-state index >= 15 is 0 Å². The van der Waals surface area contributed by atoms with Crippen molar-refractivity contribution in [3.8, 4) is 0 Å². The fourth-order valence-electron chi connectivity index (χ4n) is 3.64. The summed E-state index contributed by atoms with van der Waals surface area (Å²) in [6.45, 7) is 5.22. The van der Waals surface area contributed by atoms with Crippen molar-refractivity contribution < 1.29 is 17.9 Å². The summed E-state index contributed by atoms with van der Waals surface area (Å²) < 4.78 is 34.6. The number of hydrogen-bond donors (Lipinski definition) is 1. The first kappa shape index (κ1) is 26.2. The lowest BCUT2D eigenvalue weighted by atomic mass is 10.0. The first-order valence-electron chi connectivity index (χ1n) is 11.7. The van der Waals surface area contributed by atoms with E-state index in [0.717, 1.165) is 5.69 Å². The Labute approximate surface area is 217 Å². The van der Waals surface area contributed by atoms with Gasteiger partial charge in [-0.3, -0.25) is 0 Å². The predicted molar refractivity (Wildman–Crippen MR) is 144 cm³/mol. The van der Waals surface area contributed by atoms with E-state index < -0.39 is 27.6 Å². The predicted octanol–water partition coefficient (Wildman–Crippen LogP) is 5.62. The van der Waals surface area contributed by atoms with E-state index in [2.05, 4.69) is 19.9 Å². The highest BCUT2D eigenvalue weighted by Crippen LogP contribution is 2.35. The van der Waals surface area contributed by atoms with E-state index in [0.29, 0.717) is 22.6 Å². The van der Waals surface area contributed by atoms with Crippen molar-refractivity contribution in [2.45, 2.75) is 37.3 Å². The number of fused-ring (bicyclic) bond motifs is 1. The Morgan fingerprint density at radius 1 is 0.919 bits per heavy atom. The maximum Gasteiger partial charge on any atom is 0.355 e. The van der Waals surface area contributed by atoms with Crippen LogP contribution in [-0.4, -0.2) is 39.8 Å². The van der Waals surface area contributed by atoms with Crippen LogP contribution in [0.2, 0.25) is 0 Å². The number of ether oxygens (including phenoxy) is 1. The lowest BCUT2D eigenvalue weighted by Gasteiger charge is -2.22. The van der Waals surface area contributed by atoms with Crippen LogP contribution in [0.15, 0.2) is 92.9 Å². The van der Waals surface area contributed by atoms with Gasteiger partial charge < -0.3 is 9.64 Å². The molecule has 0 spiro atoms. The van der Waals surface area contributed by atoms with Gasteiger partial charge in [-0.25, -0.2) is 18.2 Å². The van der Waals surface area contributed by atoms with Gasteiger partial charge in [0.25, 0.3) is 0 Å². The van der Waals surface area contributed by atoms with E-state index in [1.54, 1.807) is 57.2 Å². The number of sulfonamides is 1. The van der Waals surface area contributed by atoms with Crippen molar-refractivity contribution in [2.24, 2.45) is 15.2 Å². The first-order valence-corrected chi connectivity index (χ1v) is 13.1. The highest BCUT2D eigenvalue weighted by molar-refractivity contribution is 7.89. The van der Waals surface area contributed by atoms with Crippen LogP contribution >= 0.6 is 0 Å². The molecule has 0 radical (unpaired) electrons. The van der Waals surface area contributed by atoms with Gasteiger partial charge in [0.1, 0.15) is 11.3 Å². The van der Waals surface area contributed by atoms with Crippen LogP contribution in [0.1, 0.15) is 32.4 Å². The third-order valence-corrected chi connectivity index (χ3v) is 6.88. The van der Waals surface area contributed by atoms with E-state index in [1.165, 1.54) is 12.1 Å². The van der Waals surface area contributed by atoms with Crippen LogP contribution < -0.4 is 9.62 Å². The molecule has 0 fully saturated rings. The van der Waals surface area contributed by atoms with Gasteiger partial charge in [-0.2, -0.15) is 15.0 Å². The highest BCUT2D eigenvalue weighted by Gasteiger charge is 2.37. The Hall–Kier alpha value is -3.89. The van der Waals surface area contributed by atoms with E-state index in [9.17, 15) is 13.2 Å². The van der Waals surface area contributed by atoms with Crippen molar-refractivity contribution in [3.05, 3.63) is 78.4 Å². The molecule has 0 aliphatic carbocycles. The molecule has 1 aliphatic rings. The summed E-state index contributed by atoms with van der Waals surface area (Å²) in [5.74, 6) is -0.675. The van der Waals surface area contributed by atoms with Gasteiger partial charge in [0.15, 0.2) is 0 Å². The van der Waals surface area contributed by atoms with E-state index in [1.807, 2.05) is 43.3 Å². The lowest BCUT2D eigenvalue weighted by molar-refractivity contribution is -0.146. The molecule has 1 atom stereocenters. The zero-order chi connectivity index (χ0) is 26.8. The number of para-hydroxylation sites is 1. The summed E-state index contributed by atoms with van der Waals surface area (Å²) in [6.07, 6.45) is 0. The topological polar surface area (TPSA) is 113 Å². The zero-order valence-corrected chi connectivity index (χ0v) is 22.2. The second kappa shape index (κ2) is 10.2. The molecule has 0 aromatic heterocycles. The second-order valence-corrected chi connectivity index (χ2v) is 11.4. The van der Waals surface area contributed by atoms with Crippen molar-refractivity contribution in [1.29, 1.82) is 0 Å². The first-order chi connectivity index (χ1) is 17.4. The van der Waals surface area contributed by atoms with Gasteiger partial charge in [0.2, 0.25) is 10.0 Å². The molecule has 0 saturated heterocycles. The third kappa shape index (κ3) is 6.28. The number of nitrogens with one attached hydrogen (secondary N) is 1. The summed E-state index contributed by atoms with van der Waals surface area (Å²) in [6, 6.07) is 19.6. The summed E-state index contributed by atoms with van der Waals surface area (Å²) in [7, 11) is -0.0970. The molecule has 1 aliphatic heterocycles. The third-order valence-electron chi connectivity index (χ3n) is 5.44. The SMILES string of the molecule is CN(C)c1ccc(/N=N/c2ccc(S(=O)(=O)NC3C(C(=O)OC(C)(C)C)=Nc4ccccc43)cc2)cc1. The Morgan fingerprint density at radius 3 is 2.05 bits per heavy atom. The number of carbonyl (C=O) groups excluding carboxylic acids is 1. The average molecular weight is 520 g/mol. The molecular weight excluding hydrogens is 490 g/mol. The van der Waals surface area contributed by atoms with Crippen molar-refractivity contribution in [2.75, 3.05) is 19.0 Å². The van der Waals surface area contributed by atoms with Crippen LogP contribution in [0.3, 0.4) is 0 Å². The molecule has 0 amide bonds. The Kier molecular flexibility index (Phi) is 7.24. The Morgan fingerprint density at radius 2 is 1.49 bits per heavy atom. The molecule has 37 heavy (non-hydrogen) atoms. The summed E-state index contributed by atoms with van der Waals surface area (Å²) in [4.78, 5) is 19.2. The number of rotatable bonds is 7. The Bertz CT molecular complexity index is 1460. The fourth-order valence-corrected chi connectivity index (χ4v) is 4.82. The molecule has 4 rings (SSSR count). The average Bonchev–Trinajstić information content (AvgIpc) is 3.20. The number of esters is 1. The molecule has 1 unspecified atom stereocenters. The molecule has 3 aromatic carbocycles. The van der Waals surface area contributed by atoms with Gasteiger partial charge in [-0.15, -0.1) is 0 Å².